The molecule has 2 aliphatic rings. The van der Waals surface area contributed by atoms with E-state index in [4.69, 9.17) is 0 Å². The Kier molecular flexibility index (Phi) is 2.54. The summed E-state index contributed by atoms with van der Waals surface area (Å²) in [6, 6.07) is 9.95. The van der Waals surface area contributed by atoms with Gasteiger partial charge in [0.15, 0.2) is 0 Å². The summed E-state index contributed by atoms with van der Waals surface area (Å²) in [6.45, 7) is 2.22. The highest BCUT2D eigenvalue weighted by molar-refractivity contribution is 5.37. The molecule has 1 N–H and O–H groups in total. The average Bonchev–Trinajstić information content (AvgIpc) is 2.95. The summed E-state index contributed by atoms with van der Waals surface area (Å²) in [5.74, 6) is 0. The van der Waals surface area contributed by atoms with Crippen LogP contribution in [0.4, 0.5) is 0 Å². The molecule has 0 saturated heterocycles. The van der Waals surface area contributed by atoms with Gasteiger partial charge in [0, 0.05) is 25.2 Å². The molecule has 0 bridgehead atoms. The Bertz CT molecular complexity index is 403. The van der Waals surface area contributed by atoms with Crippen LogP contribution in [0, 0.1) is 0 Å². The van der Waals surface area contributed by atoms with E-state index in [1.165, 1.54) is 17.5 Å². The van der Waals surface area contributed by atoms with Crippen LogP contribution in [-0.4, -0.2) is 31.1 Å². The predicted octanol–water partition coefficient (Wildman–Crippen LogP) is 1.74. The van der Waals surface area contributed by atoms with E-state index in [-0.39, 0.29) is 0 Å². The number of hydrogen-bond acceptors (Lipinski definition) is 2. The van der Waals surface area contributed by atoms with E-state index >= 15 is 0 Å². The fourth-order valence-electron chi connectivity index (χ4n) is 3.03. The van der Waals surface area contributed by atoms with E-state index < -0.39 is 0 Å². The molecule has 1 heterocycles. The van der Waals surface area contributed by atoms with E-state index in [1.807, 2.05) is 0 Å². The molecule has 0 amide bonds. The van der Waals surface area contributed by atoms with Crippen molar-refractivity contribution in [1.82, 2.24) is 10.2 Å². The zero-order valence-corrected chi connectivity index (χ0v) is 9.69. The van der Waals surface area contributed by atoms with Crippen molar-refractivity contribution in [2.45, 2.75) is 18.5 Å². The first-order valence-electron chi connectivity index (χ1n) is 6.04. The smallest absolute Gasteiger partial charge is 0.0481 e. The summed E-state index contributed by atoms with van der Waals surface area (Å²) in [7, 11) is 2.07. The summed E-state index contributed by atoms with van der Waals surface area (Å²) in [4.78, 5) is 2.56. The fraction of sp³-hybridized carbons (Fsp3) is 0.429. The molecule has 0 fully saturated rings. The van der Waals surface area contributed by atoms with Gasteiger partial charge in [-0.2, -0.15) is 0 Å². The highest BCUT2D eigenvalue weighted by atomic mass is 15.2. The van der Waals surface area contributed by atoms with Gasteiger partial charge in [0.25, 0.3) is 0 Å². The minimum Gasteiger partial charge on any atom is -0.312 e. The third-order valence-electron chi connectivity index (χ3n) is 3.83. The summed E-state index contributed by atoms with van der Waals surface area (Å²) >= 11 is 0. The van der Waals surface area contributed by atoms with Crippen LogP contribution in [0.25, 0.3) is 0 Å². The number of nitrogens with zero attached hydrogens (tertiary/aromatic N) is 1. The van der Waals surface area contributed by atoms with E-state index in [0.29, 0.717) is 12.1 Å². The molecule has 1 aliphatic heterocycles. The molecule has 0 saturated carbocycles. The van der Waals surface area contributed by atoms with E-state index in [2.05, 4.69) is 53.7 Å². The number of nitrogens with one attached hydrogen (secondary N) is 1. The lowest BCUT2D eigenvalue weighted by Crippen LogP contribution is -2.40. The highest BCUT2D eigenvalue weighted by Crippen LogP contribution is 2.34. The van der Waals surface area contributed by atoms with Crippen molar-refractivity contribution in [3.8, 4) is 0 Å². The largest absolute Gasteiger partial charge is 0.312 e. The van der Waals surface area contributed by atoms with Crippen molar-refractivity contribution >= 4 is 0 Å². The van der Waals surface area contributed by atoms with Gasteiger partial charge in [-0.05, 0) is 24.6 Å². The maximum Gasteiger partial charge on any atom is 0.0481 e. The van der Waals surface area contributed by atoms with Crippen LogP contribution >= 0.6 is 0 Å². The van der Waals surface area contributed by atoms with Crippen molar-refractivity contribution in [2.24, 2.45) is 0 Å². The van der Waals surface area contributed by atoms with E-state index in [1.54, 1.807) is 0 Å². The van der Waals surface area contributed by atoms with Crippen LogP contribution < -0.4 is 5.32 Å². The number of likely N-dealkylation sites (N-methyl/N-ethyl adjacent to an activating group) is 1. The summed E-state index contributed by atoms with van der Waals surface area (Å²) in [6.07, 6.45) is 5.73. The second-order valence-electron chi connectivity index (χ2n) is 4.66. The van der Waals surface area contributed by atoms with Crippen molar-refractivity contribution in [1.29, 1.82) is 0 Å². The fourth-order valence-corrected chi connectivity index (χ4v) is 3.03. The van der Waals surface area contributed by atoms with Gasteiger partial charge in [-0.3, -0.25) is 4.90 Å². The number of hydrogen-bond donors (Lipinski definition) is 1. The minimum absolute atomic E-state index is 0.496. The molecule has 2 unspecified atom stereocenters. The van der Waals surface area contributed by atoms with Gasteiger partial charge >= 0.3 is 0 Å². The summed E-state index contributed by atoms with van der Waals surface area (Å²) in [5, 5.41) is 3.48. The monoisotopic (exact) mass is 214 g/mol. The van der Waals surface area contributed by atoms with Gasteiger partial charge in [-0.1, -0.05) is 36.4 Å². The Morgan fingerprint density at radius 2 is 1.94 bits per heavy atom. The van der Waals surface area contributed by atoms with Gasteiger partial charge in [0.1, 0.15) is 0 Å². The second-order valence-corrected chi connectivity index (χ2v) is 4.66. The molecule has 2 heteroatoms. The first kappa shape index (κ1) is 10.1. The lowest BCUT2D eigenvalue weighted by Gasteiger charge is -2.29. The van der Waals surface area contributed by atoms with Crippen molar-refractivity contribution in [3.05, 3.63) is 47.5 Å². The first-order valence-corrected chi connectivity index (χ1v) is 6.04. The molecule has 1 aliphatic carbocycles. The van der Waals surface area contributed by atoms with Crippen LogP contribution in [0.5, 0.6) is 0 Å². The van der Waals surface area contributed by atoms with Gasteiger partial charge in [-0.25, -0.2) is 0 Å². The molecular formula is C14H18N2. The van der Waals surface area contributed by atoms with Crippen molar-refractivity contribution in [2.75, 3.05) is 20.1 Å². The first-order chi connectivity index (χ1) is 7.90. The Balaban J connectivity index is 1.88. The molecule has 1 aromatic rings. The Hall–Kier alpha value is -1.12. The molecule has 0 spiro atoms. The molecule has 1 aromatic carbocycles. The number of rotatable bonds is 2. The third kappa shape index (κ3) is 1.49. The topological polar surface area (TPSA) is 15.3 Å². The molecule has 84 valence electrons. The zero-order chi connectivity index (χ0) is 11.0. The SMILES string of the molecule is CNC1c2ccccc2CC1N1CC=CC1. The molecule has 2 atom stereocenters. The van der Waals surface area contributed by atoms with Gasteiger partial charge in [0.2, 0.25) is 0 Å². The van der Waals surface area contributed by atoms with Crippen LogP contribution in [0.3, 0.4) is 0 Å². The van der Waals surface area contributed by atoms with E-state index in [0.717, 1.165) is 13.1 Å². The van der Waals surface area contributed by atoms with Crippen LogP contribution in [0.2, 0.25) is 0 Å². The molecule has 3 rings (SSSR count). The molecule has 0 radical (unpaired) electrons. The lowest BCUT2D eigenvalue weighted by molar-refractivity contribution is 0.217. The Morgan fingerprint density at radius 3 is 2.69 bits per heavy atom. The normalized spacial score (nSPS) is 28.6. The van der Waals surface area contributed by atoms with Gasteiger partial charge in [-0.15, -0.1) is 0 Å². The molecule has 0 aromatic heterocycles. The number of fused-ring (bicyclic) bond motifs is 1. The van der Waals surface area contributed by atoms with Crippen molar-refractivity contribution < 1.29 is 0 Å². The van der Waals surface area contributed by atoms with Gasteiger partial charge < -0.3 is 5.32 Å². The molecule has 16 heavy (non-hydrogen) atoms. The van der Waals surface area contributed by atoms with E-state index in [9.17, 15) is 0 Å². The quantitative estimate of drug-likeness (QED) is 0.754. The van der Waals surface area contributed by atoms with Crippen LogP contribution in [0.15, 0.2) is 36.4 Å². The summed E-state index contributed by atoms with van der Waals surface area (Å²) < 4.78 is 0. The molecular weight excluding hydrogens is 196 g/mol. The van der Waals surface area contributed by atoms with Gasteiger partial charge in [0.05, 0.1) is 0 Å². The summed E-state index contributed by atoms with van der Waals surface area (Å²) in [5.41, 5.74) is 3.00. The maximum absolute atomic E-state index is 3.48. The highest BCUT2D eigenvalue weighted by Gasteiger charge is 2.34. The van der Waals surface area contributed by atoms with Crippen LogP contribution in [0.1, 0.15) is 17.2 Å². The molecule has 2 nitrogen and oxygen atoms in total. The Labute approximate surface area is 97.0 Å². The minimum atomic E-state index is 0.496. The average molecular weight is 214 g/mol. The zero-order valence-electron chi connectivity index (χ0n) is 9.69. The number of benzene rings is 1. The van der Waals surface area contributed by atoms with Crippen molar-refractivity contribution in [3.63, 3.8) is 0 Å². The van der Waals surface area contributed by atoms with Crippen LogP contribution in [-0.2, 0) is 6.42 Å². The standard InChI is InChI=1S/C14H18N2/c1-15-14-12-7-3-2-6-11(12)10-13(14)16-8-4-5-9-16/h2-7,13-15H,8-10H2,1H3. The third-order valence-corrected chi connectivity index (χ3v) is 3.83. The maximum atomic E-state index is 3.48. The second kappa shape index (κ2) is 4.04. The lowest BCUT2D eigenvalue weighted by atomic mass is 10.1. The Morgan fingerprint density at radius 1 is 1.19 bits per heavy atom. The predicted molar refractivity (Wildman–Crippen MR) is 66.4 cm³/mol.